The van der Waals surface area contributed by atoms with Crippen molar-refractivity contribution in [3.05, 3.63) is 82.9 Å². The first kappa shape index (κ1) is 31.7. The molecular formula is C29H34N6O6S. The summed E-state index contributed by atoms with van der Waals surface area (Å²) < 4.78 is 0. The van der Waals surface area contributed by atoms with E-state index in [1.54, 1.807) is 45.0 Å². The van der Waals surface area contributed by atoms with Gasteiger partial charge in [0.15, 0.2) is 5.13 Å². The fourth-order valence-electron chi connectivity index (χ4n) is 4.04. The summed E-state index contributed by atoms with van der Waals surface area (Å²) in [6, 6.07) is 16.5. The zero-order valence-corrected chi connectivity index (χ0v) is 24.3. The molecule has 0 radical (unpaired) electrons. The molecule has 2 aromatic carbocycles. The van der Waals surface area contributed by atoms with E-state index in [2.05, 4.69) is 31.6 Å². The molecule has 222 valence electrons. The lowest BCUT2D eigenvalue weighted by molar-refractivity contribution is -0.150. The van der Waals surface area contributed by atoms with Crippen molar-refractivity contribution in [2.24, 2.45) is 11.3 Å². The lowest BCUT2D eigenvalue weighted by Crippen LogP contribution is -2.57. The number of hydrogen-bond donors (Lipinski definition) is 6. The Morgan fingerprint density at radius 3 is 1.98 bits per heavy atom. The first-order valence-electron chi connectivity index (χ1n) is 13.1. The van der Waals surface area contributed by atoms with E-state index in [1.165, 1.54) is 5.38 Å². The average Bonchev–Trinajstić information content (AvgIpc) is 3.42. The topological polar surface area (TPSA) is 179 Å². The number of thiazole rings is 1. The SMILES string of the molecule is CC(C)(C)[C@H](C(=O)O)C(NC(=O)CNC(=O)c1csc(NC(=O)NCc2ccccc2)n1)C(=O)NCc1ccccc1. The maximum atomic E-state index is 13.1. The molecule has 0 saturated heterocycles. The van der Waals surface area contributed by atoms with Gasteiger partial charge in [0.2, 0.25) is 11.8 Å². The van der Waals surface area contributed by atoms with Crippen LogP contribution in [0.4, 0.5) is 9.93 Å². The molecule has 1 heterocycles. The van der Waals surface area contributed by atoms with Crippen LogP contribution in [0.25, 0.3) is 0 Å². The molecule has 3 rings (SSSR count). The summed E-state index contributed by atoms with van der Waals surface area (Å²) in [6.45, 7) is 4.90. The second-order valence-electron chi connectivity index (χ2n) is 10.4. The van der Waals surface area contributed by atoms with Crippen LogP contribution in [-0.4, -0.2) is 52.4 Å². The summed E-state index contributed by atoms with van der Waals surface area (Å²) in [4.78, 5) is 66.8. The van der Waals surface area contributed by atoms with Crippen molar-refractivity contribution in [2.75, 3.05) is 11.9 Å². The second-order valence-corrected chi connectivity index (χ2v) is 11.3. The van der Waals surface area contributed by atoms with Crippen molar-refractivity contribution in [1.29, 1.82) is 0 Å². The predicted octanol–water partition coefficient (Wildman–Crippen LogP) is 2.74. The molecule has 12 nitrogen and oxygen atoms in total. The highest BCUT2D eigenvalue weighted by atomic mass is 32.1. The maximum Gasteiger partial charge on any atom is 0.321 e. The van der Waals surface area contributed by atoms with Gasteiger partial charge in [-0.2, -0.15) is 0 Å². The van der Waals surface area contributed by atoms with Crippen molar-refractivity contribution >= 4 is 46.2 Å². The molecular weight excluding hydrogens is 560 g/mol. The van der Waals surface area contributed by atoms with E-state index >= 15 is 0 Å². The Morgan fingerprint density at radius 2 is 1.43 bits per heavy atom. The first-order valence-corrected chi connectivity index (χ1v) is 14.0. The second kappa shape index (κ2) is 14.7. The van der Waals surface area contributed by atoms with Crippen molar-refractivity contribution < 1.29 is 29.1 Å². The van der Waals surface area contributed by atoms with Gasteiger partial charge in [-0.05, 0) is 16.5 Å². The number of aliphatic carboxylic acids is 1. The predicted molar refractivity (Wildman–Crippen MR) is 158 cm³/mol. The number of hydrogen-bond acceptors (Lipinski definition) is 7. The van der Waals surface area contributed by atoms with E-state index < -0.39 is 53.6 Å². The number of benzene rings is 2. The minimum Gasteiger partial charge on any atom is -0.481 e. The van der Waals surface area contributed by atoms with E-state index in [9.17, 15) is 29.1 Å². The largest absolute Gasteiger partial charge is 0.481 e. The Balaban J connectivity index is 1.56. The van der Waals surface area contributed by atoms with Gasteiger partial charge in [0.1, 0.15) is 11.7 Å². The third kappa shape index (κ3) is 9.70. The van der Waals surface area contributed by atoms with Crippen LogP contribution >= 0.6 is 11.3 Å². The Kier molecular flexibility index (Phi) is 11.1. The average molecular weight is 595 g/mol. The maximum absolute atomic E-state index is 13.1. The number of nitrogens with zero attached hydrogens (tertiary/aromatic N) is 1. The highest BCUT2D eigenvalue weighted by molar-refractivity contribution is 7.14. The third-order valence-electron chi connectivity index (χ3n) is 6.10. The number of nitrogens with one attached hydrogen (secondary N) is 5. The Labute approximate surface area is 247 Å². The van der Waals surface area contributed by atoms with E-state index in [1.807, 2.05) is 36.4 Å². The summed E-state index contributed by atoms with van der Waals surface area (Å²) in [6.07, 6.45) is 0. The Morgan fingerprint density at radius 1 is 0.857 bits per heavy atom. The van der Waals surface area contributed by atoms with Gasteiger partial charge >= 0.3 is 12.0 Å². The Hall–Kier alpha value is -4.78. The van der Waals surface area contributed by atoms with Crippen molar-refractivity contribution in [3.63, 3.8) is 0 Å². The van der Waals surface area contributed by atoms with Gasteiger partial charge < -0.3 is 26.4 Å². The number of urea groups is 1. The minimum atomic E-state index is -1.40. The van der Waals surface area contributed by atoms with E-state index in [0.29, 0.717) is 6.54 Å². The molecule has 0 aliphatic heterocycles. The normalized spacial score (nSPS) is 12.4. The fourth-order valence-corrected chi connectivity index (χ4v) is 4.72. The lowest BCUT2D eigenvalue weighted by atomic mass is 9.75. The van der Waals surface area contributed by atoms with Gasteiger partial charge in [-0.25, -0.2) is 9.78 Å². The monoisotopic (exact) mass is 594 g/mol. The summed E-state index contributed by atoms with van der Waals surface area (Å²) in [5, 5.41) is 24.3. The summed E-state index contributed by atoms with van der Waals surface area (Å²) in [7, 11) is 0. The number of aromatic nitrogens is 1. The highest BCUT2D eigenvalue weighted by Crippen LogP contribution is 2.29. The number of carboxylic acid groups (broad SMARTS) is 1. The highest BCUT2D eigenvalue weighted by Gasteiger charge is 2.42. The Bertz CT molecular complexity index is 1390. The van der Waals surface area contributed by atoms with Gasteiger partial charge in [-0.1, -0.05) is 81.4 Å². The molecule has 1 unspecified atom stereocenters. The zero-order valence-electron chi connectivity index (χ0n) is 23.5. The number of carboxylic acids is 1. The minimum absolute atomic E-state index is 0.0265. The number of carbonyl (C=O) groups excluding carboxylic acids is 4. The van der Waals surface area contributed by atoms with Crippen LogP contribution in [0, 0.1) is 11.3 Å². The molecule has 0 aliphatic carbocycles. The third-order valence-corrected chi connectivity index (χ3v) is 6.86. The molecule has 1 aromatic heterocycles. The zero-order chi connectivity index (χ0) is 30.7. The van der Waals surface area contributed by atoms with Crippen LogP contribution in [0.5, 0.6) is 0 Å². The molecule has 42 heavy (non-hydrogen) atoms. The van der Waals surface area contributed by atoms with Gasteiger partial charge in [0.25, 0.3) is 5.91 Å². The van der Waals surface area contributed by atoms with Crippen LogP contribution in [0.3, 0.4) is 0 Å². The standard InChI is InChI=1S/C29H34N6O6S/c1-29(2,3)22(26(39)40)23(25(38)30-14-18-10-6-4-7-11-18)34-21(36)16-31-24(37)20-17-42-28(33-20)35-27(41)32-15-19-12-8-5-9-13-19/h4-13,17,22-23H,14-16H2,1-3H3,(H,30,38)(H,31,37)(H,34,36)(H,39,40)(H2,32,33,35,41)/t22-,23?/m0/s1. The van der Waals surface area contributed by atoms with Gasteiger partial charge in [-0.15, -0.1) is 11.3 Å². The van der Waals surface area contributed by atoms with Crippen molar-refractivity contribution in [1.82, 2.24) is 26.3 Å². The summed E-state index contributed by atoms with van der Waals surface area (Å²) >= 11 is 1.03. The van der Waals surface area contributed by atoms with Crippen LogP contribution in [0.1, 0.15) is 42.4 Å². The fraction of sp³-hybridized carbons (Fsp3) is 0.310. The van der Waals surface area contributed by atoms with Crippen LogP contribution in [0.15, 0.2) is 66.0 Å². The molecule has 0 spiro atoms. The van der Waals surface area contributed by atoms with Crippen LogP contribution in [0.2, 0.25) is 0 Å². The molecule has 3 aromatic rings. The summed E-state index contributed by atoms with van der Waals surface area (Å²) in [5.74, 6) is -4.61. The van der Waals surface area contributed by atoms with Gasteiger partial charge in [-0.3, -0.25) is 24.5 Å². The van der Waals surface area contributed by atoms with E-state index in [0.717, 1.165) is 22.5 Å². The number of amides is 5. The number of anilines is 1. The molecule has 2 atom stereocenters. The number of carbonyl (C=O) groups is 5. The quantitative estimate of drug-likeness (QED) is 0.187. The van der Waals surface area contributed by atoms with Gasteiger partial charge in [0.05, 0.1) is 12.5 Å². The molecule has 5 amide bonds. The van der Waals surface area contributed by atoms with Crippen molar-refractivity contribution in [2.45, 2.75) is 39.9 Å². The molecule has 0 bridgehead atoms. The molecule has 0 saturated carbocycles. The first-order chi connectivity index (χ1) is 19.9. The molecule has 0 aliphatic rings. The lowest BCUT2D eigenvalue weighted by Gasteiger charge is -2.33. The molecule has 6 N–H and O–H groups in total. The molecule has 13 heteroatoms. The van der Waals surface area contributed by atoms with E-state index in [-0.39, 0.29) is 17.4 Å². The van der Waals surface area contributed by atoms with Crippen molar-refractivity contribution in [3.8, 4) is 0 Å². The van der Waals surface area contributed by atoms with Crippen LogP contribution in [-0.2, 0) is 27.5 Å². The number of rotatable bonds is 12. The molecule has 0 fully saturated rings. The van der Waals surface area contributed by atoms with Crippen LogP contribution < -0.4 is 26.6 Å². The van der Waals surface area contributed by atoms with Gasteiger partial charge in [0, 0.05) is 18.5 Å². The smallest absolute Gasteiger partial charge is 0.321 e. The summed E-state index contributed by atoms with van der Waals surface area (Å²) in [5.41, 5.74) is 0.811. The van der Waals surface area contributed by atoms with E-state index in [4.69, 9.17) is 0 Å².